The minimum absolute atomic E-state index is 0.0367. The molecule has 0 fully saturated rings. The lowest BCUT2D eigenvalue weighted by Gasteiger charge is -2.21. The zero-order valence-corrected chi connectivity index (χ0v) is 13.5. The van der Waals surface area contributed by atoms with E-state index in [9.17, 15) is 4.79 Å². The fourth-order valence-electron chi connectivity index (χ4n) is 2.04. The largest absolute Gasteiger partial charge is 0.489 e. The molecule has 0 saturated carbocycles. The summed E-state index contributed by atoms with van der Waals surface area (Å²) in [6, 6.07) is 5.07. The van der Waals surface area contributed by atoms with E-state index >= 15 is 0 Å². The number of nitrogens with one attached hydrogen (secondary N) is 1. The number of benzene rings is 1. The predicted octanol–water partition coefficient (Wildman–Crippen LogP) is 3.06. The SMILES string of the molecule is COC(=O)C(CC(C)C)Nc1cccc(OC(C)C)c1N. The summed E-state index contributed by atoms with van der Waals surface area (Å²) >= 11 is 0. The maximum absolute atomic E-state index is 11.9. The van der Waals surface area contributed by atoms with Crippen molar-refractivity contribution >= 4 is 17.3 Å². The minimum atomic E-state index is -0.424. The van der Waals surface area contributed by atoms with Crippen molar-refractivity contribution in [2.75, 3.05) is 18.2 Å². The number of carbonyl (C=O) groups excluding carboxylic acids is 1. The number of hydrogen-bond donors (Lipinski definition) is 2. The Bertz CT molecular complexity index is 473. The van der Waals surface area contributed by atoms with Crippen molar-refractivity contribution in [2.24, 2.45) is 5.92 Å². The molecule has 1 unspecified atom stereocenters. The molecule has 1 aromatic rings. The van der Waals surface area contributed by atoms with Crippen molar-refractivity contribution in [2.45, 2.75) is 46.3 Å². The Hall–Kier alpha value is -1.91. The number of hydrogen-bond acceptors (Lipinski definition) is 5. The van der Waals surface area contributed by atoms with E-state index in [-0.39, 0.29) is 12.1 Å². The molecule has 0 heterocycles. The second-order valence-electron chi connectivity index (χ2n) is 5.73. The molecule has 21 heavy (non-hydrogen) atoms. The van der Waals surface area contributed by atoms with E-state index in [4.69, 9.17) is 15.2 Å². The molecule has 0 amide bonds. The van der Waals surface area contributed by atoms with Crippen LogP contribution in [-0.4, -0.2) is 25.2 Å². The Labute approximate surface area is 126 Å². The Morgan fingerprint density at radius 3 is 2.48 bits per heavy atom. The Morgan fingerprint density at radius 2 is 1.95 bits per heavy atom. The molecule has 0 aliphatic heterocycles. The van der Waals surface area contributed by atoms with Gasteiger partial charge in [-0.2, -0.15) is 0 Å². The van der Waals surface area contributed by atoms with Gasteiger partial charge >= 0.3 is 5.97 Å². The summed E-state index contributed by atoms with van der Waals surface area (Å²) in [5.74, 6) is 0.680. The average molecular weight is 294 g/mol. The zero-order chi connectivity index (χ0) is 16.0. The van der Waals surface area contributed by atoms with Gasteiger partial charge in [0.25, 0.3) is 0 Å². The highest BCUT2D eigenvalue weighted by atomic mass is 16.5. The topological polar surface area (TPSA) is 73.6 Å². The molecule has 0 saturated heterocycles. The van der Waals surface area contributed by atoms with Gasteiger partial charge in [-0.25, -0.2) is 4.79 Å². The number of rotatable bonds is 7. The highest BCUT2D eigenvalue weighted by Crippen LogP contribution is 2.31. The number of anilines is 2. The quantitative estimate of drug-likeness (QED) is 0.597. The van der Waals surface area contributed by atoms with Crippen molar-refractivity contribution in [3.8, 4) is 5.75 Å². The first-order chi connectivity index (χ1) is 9.85. The van der Waals surface area contributed by atoms with Gasteiger partial charge in [0.1, 0.15) is 11.8 Å². The number of methoxy groups -OCH3 is 1. The third-order valence-corrected chi connectivity index (χ3v) is 2.95. The fourth-order valence-corrected chi connectivity index (χ4v) is 2.04. The van der Waals surface area contributed by atoms with Crippen LogP contribution in [0.1, 0.15) is 34.1 Å². The molecule has 1 rings (SSSR count). The van der Waals surface area contributed by atoms with Gasteiger partial charge in [-0.1, -0.05) is 19.9 Å². The third-order valence-electron chi connectivity index (χ3n) is 2.95. The van der Waals surface area contributed by atoms with Crippen LogP contribution in [0.4, 0.5) is 11.4 Å². The highest BCUT2D eigenvalue weighted by molar-refractivity contribution is 5.82. The number of nitrogen functional groups attached to an aromatic ring is 1. The lowest BCUT2D eigenvalue weighted by Crippen LogP contribution is -2.32. The van der Waals surface area contributed by atoms with Gasteiger partial charge in [0, 0.05) is 0 Å². The maximum Gasteiger partial charge on any atom is 0.328 e. The van der Waals surface area contributed by atoms with Crippen LogP contribution in [0.2, 0.25) is 0 Å². The van der Waals surface area contributed by atoms with E-state index in [1.165, 1.54) is 7.11 Å². The van der Waals surface area contributed by atoms with E-state index in [1.807, 2.05) is 32.0 Å². The first kappa shape index (κ1) is 17.1. The van der Waals surface area contributed by atoms with E-state index in [1.54, 1.807) is 0 Å². The third kappa shape index (κ3) is 5.17. The van der Waals surface area contributed by atoms with Crippen molar-refractivity contribution in [1.29, 1.82) is 0 Å². The van der Waals surface area contributed by atoms with Crippen LogP contribution < -0.4 is 15.8 Å². The van der Waals surface area contributed by atoms with Crippen LogP contribution in [0.5, 0.6) is 5.75 Å². The summed E-state index contributed by atoms with van der Waals surface area (Å²) in [6.07, 6.45) is 0.705. The van der Waals surface area contributed by atoms with Crippen LogP contribution in [0, 0.1) is 5.92 Å². The average Bonchev–Trinajstić information content (AvgIpc) is 2.40. The van der Waals surface area contributed by atoms with Gasteiger partial charge in [-0.15, -0.1) is 0 Å². The lowest BCUT2D eigenvalue weighted by atomic mass is 10.0. The monoisotopic (exact) mass is 294 g/mol. The summed E-state index contributed by atoms with van der Waals surface area (Å²) in [5.41, 5.74) is 7.30. The maximum atomic E-state index is 11.9. The molecule has 118 valence electrons. The second kappa shape index (κ2) is 7.76. The van der Waals surface area contributed by atoms with E-state index < -0.39 is 6.04 Å². The molecule has 0 radical (unpaired) electrons. The van der Waals surface area contributed by atoms with Gasteiger partial charge in [-0.05, 0) is 38.3 Å². The molecule has 3 N–H and O–H groups in total. The summed E-state index contributed by atoms with van der Waals surface area (Å²) in [4.78, 5) is 11.9. The smallest absolute Gasteiger partial charge is 0.328 e. The normalized spacial score (nSPS) is 12.3. The van der Waals surface area contributed by atoms with Gasteiger partial charge in [0.2, 0.25) is 0 Å². The van der Waals surface area contributed by atoms with Crippen molar-refractivity contribution in [3.05, 3.63) is 18.2 Å². The number of esters is 1. The van der Waals surface area contributed by atoms with E-state index in [0.29, 0.717) is 29.5 Å². The molecule has 1 atom stereocenters. The van der Waals surface area contributed by atoms with Crippen LogP contribution in [-0.2, 0) is 9.53 Å². The number of para-hydroxylation sites is 1. The molecular formula is C16H26N2O3. The number of nitrogens with two attached hydrogens (primary N) is 1. The first-order valence-corrected chi connectivity index (χ1v) is 7.24. The van der Waals surface area contributed by atoms with Crippen LogP contribution in [0.3, 0.4) is 0 Å². The molecule has 0 bridgehead atoms. The van der Waals surface area contributed by atoms with Crippen LogP contribution >= 0.6 is 0 Å². The van der Waals surface area contributed by atoms with Crippen LogP contribution in [0.25, 0.3) is 0 Å². The van der Waals surface area contributed by atoms with E-state index in [2.05, 4.69) is 19.2 Å². The predicted molar refractivity (Wildman–Crippen MR) is 85.5 cm³/mol. The molecule has 5 heteroatoms. The first-order valence-electron chi connectivity index (χ1n) is 7.24. The molecule has 5 nitrogen and oxygen atoms in total. The fraction of sp³-hybridized carbons (Fsp3) is 0.562. The number of carbonyl (C=O) groups is 1. The number of ether oxygens (including phenoxy) is 2. The molecule has 1 aromatic carbocycles. The van der Waals surface area contributed by atoms with Gasteiger partial charge in [0.05, 0.1) is 24.6 Å². The van der Waals surface area contributed by atoms with Gasteiger partial charge in [-0.3, -0.25) is 0 Å². The summed E-state index contributed by atoms with van der Waals surface area (Å²) in [7, 11) is 1.39. The standard InChI is InChI=1S/C16H26N2O3/c1-10(2)9-13(16(19)20-5)18-12-7-6-8-14(15(12)17)21-11(3)4/h6-8,10-11,13,18H,9,17H2,1-5H3. The Balaban J connectivity index is 2.95. The summed E-state index contributed by atoms with van der Waals surface area (Å²) in [6.45, 7) is 7.99. The summed E-state index contributed by atoms with van der Waals surface area (Å²) in [5, 5.41) is 3.16. The molecule has 0 aliphatic rings. The zero-order valence-electron chi connectivity index (χ0n) is 13.5. The van der Waals surface area contributed by atoms with Crippen LogP contribution in [0.15, 0.2) is 18.2 Å². The van der Waals surface area contributed by atoms with Gasteiger partial charge < -0.3 is 20.5 Å². The minimum Gasteiger partial charge on any atom is -0.489 e. The lowest BCUT2D eigenvalue weighted by molar-refractivity contribution is -0.141. The molecule has 0 spiro atoms. The Kier molecular flexibility index (Phi) is 6.34. The van der Waals surface area contributed by atoms with Crippen molar-refractivity contribution in [3.63, 3.8) is 0 Å². The van der Waals surface area contributed by atoms with Crippen molar-refractivity contribution in [1.82, 2.24) is 0 Å². The molecule has 0 aliphatic carbocycles. The van der Waals surface area contributed by atoms with Gasteiger partial charge in [0.15, 0.2) is 0 Å². The molecule has 0 aromatic heterocycles. The molecular weight excluding hydrogens is 268 g/mol. The van der Waals surface area contributed by atoms with Crippen molar-refractivity contribution < 1.29 is 14.3 Å². The van der Waals surface area contributed by atoms with E-state index in [0.717, 1.165) is 0 Å². The summed E-state index contributed by atoms with van der Waals surface area (Å²) < 4.78 is 10.5. The Morgan fingerprint density at radius 1 is 1.29 bits per heavy atom. The second-order valence-corrected chi connectivity index (χ2v) is 5.73. The highest BCUT2D eigenvalue weighted by Gasteiger charge is 2.21.